The van der Waals surface area contributed by atoms with Crippen LogP contribution in [-0.4, -0.2) is 40.6 Å². The fourth-order valence-electron chi connectivity index (χ4n) is 2.31. The molecule has 0 aliphatic carbocycles. The summed E-state index contributed by atoms with van der Waals surface area (Å²) >= 11 is 5.84. The van der Waals surface area contributed by atoms with E-state index in [2.05, 4.69) is 10.2 Å². The molecule has 1 aromatic heterocycles. The average molecular weight is 418 g/mol. The Morgan fingerprint density at radius 3 is 2.04 bits per heavy atom. The molecule has 7 nitrogen and oxygen atoms in total. The lowest BCUT2D eigenvalue weighted by molar-refractivity contribution is -0.147. The van der Waals surface area contributed by atoms with Gasteiger partial charge in [-0.3, -0.25) is 0 Å². The van der Waals surface area contributed by atoms with Crippen molar-refractivity contribution in [3.8, 4) is 0 Å². The lowest BCUT2D eigenvalue weighted by Gasteiger charge is -2.14. The molecule has 0 bridgehead atoms. The van der Waals surface area contributed by atoms with Gasteiger partial charge in [-0.25, -0.2) is 9.59 Å². The standard InChI is InChI=1S/C17H15ClF3N3O4/c1-3-27-15(25)12(16(26)28-4-2)11(9-5-7-10(18)8-6-9)13-14(17(19,20)21)23-24-22-13/h5-8H,3-4H2,1-2H3,(H,22,23,24). The number of aromatic amines is 1. The molecule has 0 unspecified atom stereocenters. The number of benzene rings is 1. The van der Waals surface area contributed by atoms with Gasteiger partial charge < -0.3 is 9.47 Å². The Labute approximate surface area is 162 Å². The predicted octanol–water partition coefficient (Wildman–Crippen LogP) is 3.41. The molecule has 0 spiro atoms. The van der Waals surface area contributed by atoms with Gasteiger partial charge in [-0.15, -0.1) is 0 Å². The Morgan fingerprint density at radius 1 is 1.04 bits per heavy atom. The number of aromatic nitrogens is 3. The van der Waals surface area contributed by atoms with Gasteiger partial charge in [-0.2, -0.15) is 28.6 Å². The minimum Gasteiger partial charge on any atom is -0.462 e. The van der Waals surface area contributed by atoms with E-state index in [4.69, 9.17) is 21.1 Å². The summed E-state index contributed by atoms with van der Waals surface area (Å²) in [5, 5.41) is 8.82. The molecule has 2 aromatic rings. The van der Waals surface area contributed by atoms with E-state index in [0.717, 1.165) is 0 Å². The lowest BCUT2D eigenvalue weighted by atomic mass is 9.95. The summed E-state index contributed by atoms with van der Waals surface area (Å²) in [6.07, 6.45) is -4.89. The normalized spacial score (nSPS) is 11.1. The molecule has 28 heavy (non-hydrogen) atoms. The minimum absolute atomic E-state index is 0.0694. The van der Waals surface area contributed by atoms with Gasteiger partial charge in [0.05, 0.1) is 13.2 Å². The van der Waals surface area contributed by atoms with Crippen molar-refractivity contribution in [1.82, 2.24) is 15.4 Å². The number of hydrogen-bond donors (Lipinski definition) is 1. The maximum atomic E-state index is 13.4. The van der Waals surface area contributed by atoms with Crippen LogP contribution >= 0.6 is 11.6 Å². The fraction of sp³-hybridized carbons (Fsp3) is 0.294. The van der Waals surface area contributed by atoms with Gasteiger partial charge in [-0.1, -0.05) is 23.7 Å². The molecule has 0 aliphatic rings. The molecule has 1 heterocycles. The zero-order valence-corrected chi connectivity index (χ0v) is 15.5. The molecule has 0 radical (unpaired) electrons. The van der Waals surface area contributed by atoms with Crippen LogP contribution in [0.15, 0.2) is 29.8 Å². The molecular formula is C17H15ClF3N3O4. The van der Waals surface area contributed by atoms with Crippen LogP contribution in [0.3, 0.4) is 0 Å². The Balaban J connectivity index is 2.87. The average Bonchev–Trinajstić information content (AvgIpc) is 3.10. The van der Waals surface area contributed by atoms with Gasteiger partial charge in [-0.05, 0) is 31.5 Å². The first-order chi connectivity index (χ1) is 13.2. The quantitative estimate of drug-likeness (QED) is 0.335. The van der Waals surface area contributed by atoms with Crippen LogP contribution in [0.1, 0.15) is 30.8 Å². The number of nitrogens with zero attached hydrogens (tertiary/aromatic N) is 2. The van der Waals surface area contributed by atoms with Crippen molar-refractivity contribution < 1.29 is 32.2 Å². The van der Waals surface area contributed by atoms with E-state index in [1.54, 1.807) is 0 Å². The van der Waals surface area contributed by atoms with E-state index < -0.39 is 40.6 Å². The van der Waals surface area contributed by atoms with Crippen molar-refractivity contribution in [2.75, 3.05) is 13.2 Å². The summed E-state index contributed by atoms with van der Waals surface area (Å²) < 4.78 is 49.9. The monoisotopic (exact) mass is 417 g/mol. The van der Waals surface area contributed by atoms with Crippen molar-refractivity contribution in [2.24, 2.45) is 0 Å². The zero-order valence-electron chi connectivity index (χ0n) is 14.8. The lowest BCUT2D eigenvalue weighted by Crippen LogP contribution is -2.22. The van der Waals surface area contributed by atoms with E-state index in [9.17, 15) is 22.8 Å². The van der Waals surface area contributed by atoms with Gasteiger partial charge in [0, 0.05) is 10.6 Å². The summed E-state index contributed by atoms with van der Waals surface area (Å²) in [5.41, 5.74) is -3.24. The van der Waals surface area contributed by atoms with E-state index in [1.807, 2.05) is 5.21 Å². The van der Waals surface area contributed by atoms with Crippen LogP contribution in [0.25, 0.3) is 5.57 Å². The molecule has 1 N–H and O–H groups in total. The van der Waals surface area contributed by atoms with Gasteiger partial charge in [0.15, 0.2) is 11.3 Å². The molecule has 0 aliphatic heterocycles. The van der Waals surface area contributed by atoms with E-state index in [0.29, 0.717) is 5.02 Å². The highest BCUT2D eigenvalue weighted by atomic mass is 35.5. The molecule has 11 heteroatoms. The smallest absolute Gasteiger partial charge is 0.437 e. The van der Waals surface area contributed by atoms with E-state index in [-0.39, 0.29) is 18.8 Å². The second kappa shape index (κ2) is 8.87. The van der Waals surface area contributed by atoms with E-state index in [1.165, 1.54) is 38.1 Å². The first kappa shape index (κ1) is 21.4. The Bertz CT molecular complexity index is 872. The summed E-state index contributed by atoms with van der Waals surface area (Å²) in [5.74, 6) is -2.30. The molecule has 0 fully saturated rings. The van der Waals surface area contributed by atoms with Crippen molar-refractivity contribution in [3.05, 3.63) is 51.8 Å². The van der Waals surface area contributed by atoms with Gasteiger partial charge in [0.2, 0.25) is 0 Å². The molecule has 0 saturated heterocycles. The first-order valence-corrected chi connectivity index (χ1v) is 8.41. The molecule has 0 amide bonds. The van der Waals surface area contributed by atoms with Gasteiger partial charge in [0.25, 0.3) is 0 Å². The van der Waals surface area contributed by atoms with Crippen LogP contribution < -0.4 is 0 Å². The molecule has 1 aromatic carbocycles. The van der Waals surface area contributed by atoms with Crippen LogP contribution in [0, 0.1) is 0 Å². The van der Waals surface area contributed by atoms with Gasteiger partial charge >= 0.3 is 18.1 Å². The van der Waals surface area contributed by atoms with Gasteiger partial charge in [0.1, 0.15) is 5.69 Å². The summed E-state index contributed by atoms with van der Waals surface area (Å²) in [4.78, 5) is 24.9. The van der Waals surface area contributed by atoms with Crippen molar-refractivity contribution in [2.45, 2.75) is 20.0 Å². The minimum atomic E-state index is -4.89. The highest BCUT2D eigenvalue weighted by Crippen LogP contribution is 2.36. The Hall–Kier alpha value is -2.88. The number of rotatable bonds is 6. The largest absolute Gasteiger partial charge is 0.462 e. The van der Waals surface area contributed by atoms with Crippen molar-refractivity contribution >= 4 is 29.1 Å². The number of ether oxygens (including phenoxy) is 2. The number of hydrogen-bond acceptors (Lipinski definition) is 6. The predicted molar refractivity (Wildman–Crippen MR) is 92.1 cm³/mol. The number of nitrogens with one attached hydrogen (secondary N) is 1. The number of halogens is 4. The Morgan fingerprint density at radius 2 is 1.57 bits per heavy atom. The maximum absolute atomic E-state index is 13.4. The zero-order chi connectivity index (χ0) is 20.9. The maximum Gasteiger partial charge on any atom is 0.437 e. The number of carbonyl (C=O) groups excluding carboxylic acids is 2. The third-order valence-electron chi connectivity index (χ3n) is 3.40. The molecule has 2 rings (SSSR count). The number of alkyl halides is 3. The molecule has 0 saturated carbocycles. The summed E-state index contributed by atoms with van der Waals surface area (Å²) in [6.45, 7) is 2.75. The van der Waals surface area contributed by atoms with Crippen LogP contribution in [-0.2, 0) is 25.2 Å². The highest BCUT2D eigenvalue weighted by Gasteiger charge is 2.41. The van der Waals surface area contributed by atoms with Crippen LogP contribution in [0.2, 0.25) is 5.02 Å². The van der Waals surface area contributed by atoms with Crippen molar-refractivity contribution in [1.29, 1.82) is 0 Å². The summed E-state index contributed by atoms with van der Waals surface area (Å²) in [6, 6.07) is 5.45. The van der Waals surface area contributed by atoms with Crippen LogP contribution in [0.5, 0.6) is 0 Å². The number of H-pyrrole nitrogens is 1. The molecule has 150 valence electrons. The van der Waals surface area contributed by atoms with Crippen LogP contribution in [0.4, 0.5) is 13.2 Å². The third-order valence-corrected chi connectivity index (χ3v) is 3.65. The first-order valence-electron chi connectivity index (χ1n) is 8.03. The second-order valence-corrected chi connectivity index (χ2v) is 5.65. The molecular weight excluding hydrogens is 403 g/mol. The van der Waals surface area contributed by atoms with Crippen molar-refractivity contribution in [3.63, 3.8) is 0 Å². The topological polar surface area (TPSA) is 94.2 Å². The Kier molecular flexibility index (Phi) is 6.79. The highest BCUT2D eigenvalue weighted by molar-refractivity contribution is 6.30. The number of carbonyl (C=O) groups is 2. The molecule has 0 atom stereocenters. The third kappa shape index (κ3) is 4.69. The van der Waals surface area contributed by atoms with E-state index >= 15 is 0 Å². The SMILES string of the molecule is CCOC(=O)C(C(=O)OCC)=C(c1ccc(Cl)cc1)c1n[nH]nc1C(F)(F)F. The second-order valence-electron chi connectivity index (χ2n) is 5.22. The fourth-order valence-corrected chi connectivity index (χ4v) is 2.44. The summed E-state index contributed by atoms with van der Waals surface area (Å²) in [7, 11) is 0. The number of esters is 2.